The van der Waals surface area contributed by atoms with E-state index in [1.54, 1.807) is 6.92 Å². The van der Waals surface area contributed by atoms with E-state index < -0.39 is 12.1 Å². The fourth-order valence-corrected chi connectivity index (χ4v) is 2.24. The van der Waals surface area contributed by atoms with Crippen molar-refractivity contribution in [3.05, 3.63) is 27.3 Å². The molecule has 1 atom stereocenters. The van der Waals surface area contributed by atoms with Crippen molar-refractivity contribution in [1.82, 2.24) is 5.32 Å². The van der Waals surface area contributed by atoms with Crippen LogP contribution < -0.4 is 10.6 Å². The Morgan fingerprint density at radius 2 is 2.00 bits per heavy atom. The molecular weight excluding hydrogens is 383 g/mol. The largest absolute Gasteiger partial charge is 0.450 e. The molecule has 21 heavy (non-hydrogen) atoms. The Labute approximate surface area is 139 Å². The van der Waals surface area contributed by atoms with Crippen LogP contribution in [-0.4, -0.2) is 24.6 Å². The molecule has 0 aliphatic heterocycles. The Bertz CT molecular complexity index is 518. The molecule has 1 unspecified atom stereocenters. The number of nitrogens with one attached hydrogen (secondary N) is 2. The highest BCUT2D eigenvalue weighted by Gasteiger charge is 2.24. The van der Waals surface area contributed by atoms with Crippen molar-refractivity contribution in [1.29, 1.82) is 0 Å². The number of anilines is 1. The first-order chi connectivity index (χ1) is 9.85. The van der Waals surface area contributed by atoms with Crippen molar-refractivity contribution in [3.63, 3.8) is 0 Å². The lowest BCUT2D eigenvalue weighted by atomic mass is 10.0. The summed E-state index contributed by atoms with van der Waals surface area (Å²) >= 11 is 2.22. The molecule has 0 heterocycles. The molecule has 1 aromatic carbocycles. The highest BCUT2D eigenvalue weighted by Crippen LogP contribution is 2.17. The van der Waals surface area contributed by atoms with Gasteiger partial charge in [0.15, 0.2) is 0 Å². The van der Waals surface area contributed by atoms with Gasteiger partial charge in [-0.05, 0) is 60.1 Å². The number of carbonyl (C=O) groups is 2. The van der Waals surface area contributed by atoms with Crippen molar-refractivity contribution in [2.75, 3.05) is 11.9 Å². The van der Waals surface area contributed by atoms with Crippen molar-refractivity contribution in [2.45, 2.75) is 33.7 Å². The summed E-state index contributed by atoms with van der Waals surface area (Å²) in [4.78, 5) is 23.8. The first-order valence-electron chi connectivity index (χ1n) is 6.85. The zero-order valence-electron chi connectivity index (χ0n) is 12.7. The summed E-state index contributed by atoms with van der Waals surface area (Å²) in [5.41, 5.74) is 1.87. The van der Waals surface area contributed by atoms with Crippen LogP contribution in [0.15, 0.2) is 18.2 Å². The maximum absolute atomic E-state index is 12.3. The quantitative estimate of drug-likeness (QED) is 0.741. The standard InChI is InChI=1S/C15H21IN2O3/c1-5-21-15(20)18-13(9(2)3)14(19)17-11-7-6-10(4)12(16)8-11/h6-9,13H,5H2,1-4H3,(H,17,19)(H,18,20). The van der Waals surface area contributed by atoms with Crippen molar-refractivity contribution >= 4 is 40.3 Å². The molecule has 1 aromatic rings. The zero-order valence-corrected chi connectivity index (χ0v) is 14.9. The molecule has 116 valence electrons. The van der Waals surface area contributed by atoms with Gasteiger partial charge in [0, 0.05) is 9.26 Å². The second kappa shape index (κ2) is 8.21. The number of ether oxygens (including phenoxy) is 1. The lowest BCUT2D eigenvalue weighted by molar-refractivity contribution is -0.119. The predicted molar refractivity (Wildman–Crippen MR) is 91.3 cm³/mol. The monoisotopic (exact) mass is 404 g/mol. The first kappa shape index (κ1) is 17.7. The molecule has 0 aromatic heterocycles. The average molecular weight is 404 g/mol. The summed E-state index contributed by atoms with van der Waals surface area (Å²) in [6, 6.07) is 5.05. The highest BCUT2D eigenvalue weighted by molar-refractivity contribution is 14.1. The van der Waals surface area contributed by atoms with Crippen LogP contribution in [0.5, 0.6) is 0 Å². The normalized spacial score (nSPS) is 11.9. The Balaban J connectivity index is 2.76. The maximum atomic E-state index is 12.3. The third-order valence-corrected chi connectivity index (χ3v) is 4.10. The minimum Gasteiger partial charge on any atom is -0.450 e. The minimum atomic E-state index is -0.636. The van der Waals surface area contributed by atoms with Crippen molar-refractivity contribution in [3.8, 4) is 0 Å². The van der Waals surface area contributed by atoms with E-state index in [1.807, 2.05) is 39.0 Å². The minimum absolute atomic E-state index is 0.0427. The van der Waals surface area contributed by atoms with Gasteiger partial charge in [0.05, 0.1) is 6.61 Å². The van der Waals surface area contributed by atoms with E-state index in [9.17, 15) is 9.59 Å². The molecule has 0 aliphatic carbocycles. The van der Waals surface area contributed by atoms with Crippen LogP contribution in [0.25, 0.3) is 0 Å². The second-order valence-electron chi connectivity index (χ2n) is 5.04. The molecule has 0 bridgehead atoms. The van der Waals surface area contributed by atoms with Gasteiger partial charge in [0.25, 0.3) is 0 Å². The highest BCUT2D eigenvalue weighted by atomic mass is 127. The Kier molecular flexibility index (Phi) is 6.94. The summed E-state index contributed by atoms with van der Waals surface area (Å²) < 4.78 is 5.90. The Morgan fingerprint density at radius 3 is 2.52 bits per heavy atom. The van der Waals surface area contributed by atoms with E-state index in [4.69, 9.17) is 4.74 Å². The van der Waals surface area contributed by atoms with Crippen LogP contribution in [0, 0.1) is 16.4 Å². The summed E-state index contributed by atoms with van der Waals surface area (Å²) in [6.45, 7) is 7.74. The fourth-order valence-electron chi connectivity index (χ4n) is 1.73. The molecule has 0 spiro atoms. The average Bonchev–Trinajstić information content (AvgIpc) is 2.40. The van der Waals surface area contributed by atoms with Crippen LogP contribution in [0.3, 0.4) is 0 Å². The topological polar surface area (TPSA) is 67.4 Å². The summed E-state index contributed by atoms with van der Waals surface area (Å²) in [5.74, 6) is -0.295. The molecule has 0 aliphatic rings. The van der Waals surface area contributed by atoms with Crippen molar-refractivity contribution in [2.24, 2.45) is 5.92 Å². The van der Waals surface area contributed by atoms with Gasteiger partial charge >= 0.3 is 6.09 Å². The van der Waals surface area contributed by atoms with E-state index in [2.05, 4.69) is 33.2 Å². The van der Waals surface area contributed by atoms with Crippen LogP contribution in [0.4, 0.5) is 10.5 Å². The Morgan fingerprint density at radius 1 is 1.33 bits per heavy atom. The molecule has 0 saturated heterocycles. The number of benzene rings is 1. The maximum Gasteiger partial charge on any atom is 0.407 e. The number of aryl methyl sites for hydroxylation is 1. The van der Waals surface area contributed by atoms with Crippen LogP contribution in [0.1, 0.15) is 26.3 Å². The third kappa shape index (κ3) is 5.53. The van der Waals surface area contributed by atoms with Gasteiger partial charge in [-0.25, -0.2) is 4.79 Å². The van der Waals surface area contributed by atoms with E-state index in [0.717, 1.165) is 9.13 Å². The zero-order chi connectivity index (χ0) is 16.0. The van der Waals surface area contributed by atoms with Gasteiger partial charge in [-0.2, -0.15) is 0 Å². The van der Waals surface area contributed by atoms with E-state index in [1.165, 1.54) is 0 Å². The summed E-state index contributed by atoms with van der Waals surface area (Å²) in [5, 5.41) is 5.41. The van der Waals surface area contributed by atoms with E-state index >= 15 is 0 Å². The smallest absolute Gasteiger partial charge is 0.407 e. The van der Waals surface area contributed by atoms with Gasteiger partial charge < -0.3 is 15.4 Å². The second-order valence-corrected chi connectivity index (χ2v) is 6.20. The number of rotatable bonds is 5. The molecule has 2 amide bonds. The predicted octanol–water partition coefficient (Wildman–Crippen LogP) is 3.31. The van der Waals surface area contributed by atoms with Crippen molar-refractivity contribution < 1.29 is 14.3 Å². The molecule has 0 saturated carbocycles. The SMILES string of the molecule is CCOC(=O)NC(C(=O)Nc1ccc(C)c(I)c1)C(C)C. The third-order valence-electron chi connectivity index (χ3n) is 2.94. The summed E-state index contributed by atoms with van der Waals surface area (Å²) in [7, 11) is 0. The van der Waals surface area contributed by atoms with E-state index in [0.29, 0.717) is 5.69 Å². The molecule has 0 fully saturated rings. The van der Waals surface area contributed by atoms with Gasteiger partial charge in [-0.3, -0.25) is 4.79 Å². The number of carbonyl (C=O) groups excluding carboxylic acids is 2. The Hall–Kier alpha value is -1.31. The summed E-state index contributed by atoms with van der Waals surface area (Å²) in [6.07, 6.45) is -0.579. The van der Waals surface area contributed by atoms with E-state index in [-0.39, 0.29) is 18.4 Å². The lowest BCUT2D eigenvalue weighted by Crippen LogP contribution is -2.47. The van der Waals surface area contributed by atoms with Crippen LogP contribution in [0.2, 0.25) is 0 Å². The van der Waals surface area contributed by atoms with Crippen LogP contribution >= 0.6 is 22.6 Å². The molecule has 1 rings (SSSR count). The van der Waals surface area contributed by atoms with Gasteiger partial charge in [0.1, 0.15) is 6.04 Å². The molecule has 6 heteroatoms. The number of hydrogen-bond donors (Lipinski definition) is 2. The van der Waals surface area contributed by atoms with Gasteiger partial charge in [-0.15, -0.1) is 0 Å². The molecule has 0 radical (unpaired) electrons. The number of hydrogen-bond acceptors (Lipinski definition) is 3. The van der Waals surface area contributed by atoms with Gasteiger partial charge in [-0.1, -0.05) is 19.9 Å². The number of amides is 2. The number of halogens is 1. The molecule has 5 nitrogen and oxygen atoms in total. The molecular formula is C15H21IN2O3. The fraction of sp³-hybridized carbons (Fsp3) is 0.467. The molecule has 2 N–H and O–H groups in total. The first-order valence-corrected chi connectivity index (χ1v) is 7.93. The lowest BCUT2D eigenvalue weighted by Gasteiger charge is -2.21. The van der Waals surface area contributed by atoms with Crippen LogP contribution in [-0.2, 0) is 9.53 Å². The number of alkyl carbamates (subject to hydrolysis) is 1. The van der Waals surface area contributed by atoms with Gasteiger partial charge in [0.2, 0.25) is 5.91 Å².